The minimum Gasteiger partial charge on any atom is -0.494 e. The van der Waals surface area contributed by atoms with Gasteiger partial charge in [0, 0.05) is 18.3 Å². The average Bonchev–Trinajstić information content (AvgIpc) is 2.96. The molecule has 0 radical (unpaired) electrons. The summed E-state index contributed by atoms with van der Waals surface area (Å²) in [6.07, 6.45) is 6.05. The van der Waals surface area contributed by atoms with Gasteiger partial charge in [-0.25, -0.2) is 0 Å². The van der Waals surface area contributed by atoms with Crippen molar-refractivity contribution in [2.24, 2.45) is 0 Å². The number of anilines is 3. The minimum absolute atomic E-state index is 0.155. The Hall–Kier alpha value is -4.61. The third-order valence-corrected chi connectivity index (χ3v) is 6.21. The van der Waals surface area contributed by atoms with E-state index in [4.69, 9.17) is 19.3 Å². The molecular formula is C29H36N6O6. The maximum absolute atomic E-state index is 12.7. The molecular weight excluding hydrogens is 528 g/mol. The van der Waals surface area contributed by atoms with Gasteiger partial charge in [-0.1, -0.05) is 37.8 Å². The topological polar surface area (TPSA) is 157 Å². The summed E-state index contributed by atoms with van der Waals surface area (Å²) >= 11 is 0. The predicted octanol–water partition coefficient (Wildman–Crippen LogP) is 4.55. The number of hydrogen-bond donors (Lipinski definition) is 4. The van der Waals surface area contributed by atoms with Gasteiger partial charge in [0.1, 0.15) is 18.0 Å². The maximum Gasteiger partial charge on any atom is 0.323 e. The maximum atomic E-state index is 12.7. The molecule has 0 unspecified atom stereocenters. The second kappa shape index (κ2) is 15.2. The second-order valence-electron chi connectivity index (χ2n) is 9.43. The van der Waals surface area contributed by atoms with E-state index < -0.39 is 18.4 Å². The predicted molar refractivity (Wildman–Crippen MR) is 153 cm³/mol. The van der Waals surface area contributed by atoms with Crippen LogP contribution in [0.1, 0.15) is 61.4 Å². The summed E-state index contributed by atoms with van der Waals surface area (Å²) in [5.41, 5.74) is 1.84. The van der Waals surface area contributed by atoms with Crippen LogP contribution in [0, 0.1) is 0 Å². The van der Waals surface area contributed by atoms with Crippen molar-refractivity contribution in [2.45, 2.75) is 52.0 Å². The van der Waals surface area contributed by atoms with E-state index in [0.29, 0.717) is 43.8 Å². The quantitative estimate of drug-likeness (QED) is 0.345. The van der Waals surface area contributed by atoms with Crippen molar-refractivity contribution in [3.63, 3.8) is 0 Å². The first kappa shape index (κ1) is 29.4. The van der Waals surface area contributed by atoms with Crippen LogP contribution in [-0.4, -0.2) is 58.3 Å². The van der Waals surface area contributed by atoms with Crippen molar-refractivity contribution in [3.8, 4) is 17.5 Å². The van der Waals surface area contributed by atoms with Crippen LogP contribution in [0.25, 0.3) is 0 Å². The summed E-state index contributed by atoms with van der Waals surface area (Å²) in [4.78, 5) is 36.8. The number of carboxylic acids is 1. The molecule has 41 heavy (non-hydrogen) atoms. The van der Waals surface area contributed by atoms with Crippen LogP contribution in [0.2, 0.25) is 0 Å². The molecule has 2 aliphatic heterocycles. The van der Waals surface area contributed by atoms with E-state index in [2.05, 4.69) is 30.9 Å². The van der Waals surface area contributed by atoms with Crippen LogP contribution in [0.4, 0.5) is 17.6 Å². The Morgan fingerprint density at radius 1 is 0.927 bits per heavy atom. The fraction of sp³-hybridized carbons (Fsp3) is 0.414. The van der Waals surface area contributed by atoms with Gasteiger partial charge in [0.2, 0.25) is 11.9 Å². The summed E-state index contributed by atoms with van der Waals surface area (Å²) in [6.45, 7) is 3.29. The standard InChI is InChI=1S/C29H36N6O6/c1-2-39-29-34-27-31-18-20-9-12-22(13-10-20)40-15-7-5-3-4-6-8-16-41-24-17-21(32-28(33-27)35-29)11-14-23(24)26(38)30-19-25(36)37/h9-14,17H,2-8,15-16,18-19H2,1H3,(H,30,38)(H,36,37)(H2,31,32,33,34,35). The molecule has 218 valence electrons. The molecule has 5 rings (SSSR count). The van der Waals surface area contributed by atoms with Gasteiger partial charge in [0.25, 0.3) is 5.91 Å². The number of carboxylic acid groups (broad SMARTS) is 1. The summed E-state index contributed by atoms with van der Waals surface area (Å²) in [7, 11) is 0. The Labute approximate surface area is 238 Å². The monoisotopic (exact) mass is 564 g/mol. The Morgan fingerprint density at radius 2 is 1.63 bits per heavy atom. The summed E-state index contributed by atoms with van der Waals surface area (Å²) in [6, 6.07) is 13.0. The van der Waals surface area contributed by atoms with Crippen LogP contribution >= 0.6 is 0 Å². The summed E-state index contributed by atoms with van der Waals surface area (Å²) in [5.74, 6) is 0.0645. The fourth-order valence-corrected chi connectivity index (χ4v) is 4.14. The summed E-state index contributed by atoms with van der Waals surface area (Å²) < 4.78 is 17.4. The van der Waals surface area contributed by atoms with Crippen molar-refractivity contribution >= 4 is 29.5 Å². The van der Waals surface area contributed by atoms with Gasteiger partial charge in [-0.3, -0.25) is 9.59 Å². The number of carbonyl (C=O) groups excluding carboxylic acids is 1. The Bertz CT molecular complexity index is 1300. The number of aromatic nitrogens is 3. The third-order valence-electron chi connectivity index (χ3n) is 6.21. The molecule has 2 aromatic carbocycles. The van der Waals surface area contributed by atoms with E-state index >= 15 is 0 Å². The number of hydrogen-bond acceptors (Lipinski definition) is 10. The second-order valence-corrected chi connectivity index (χ2v) is 9.43. The van der Waals surface area contributed by atoms with Crippen molar-refractivity contribution in [1.29, 1.82) is 0 Å². The number of amides is 1. The molecule has 2 aliphatic rings. The molecule has 1 aromatic heterocycles. The number of benzene rings is 2. The SMILES string of the molecule is CCOc1nc2nc(n1)Nc1ccc(C(=O)NCC(=O)O)c(c1)OCCCCCCCCOc1ccc(cc1)CN2. The third kappa shape index (κ3) is 9.52. The molecule has 0 spiro atoms. The minimum atomic E-state index is -1.13. The van der Waals surface area contributed by atoms with E-state index in [0.717, 1.165) is 49.8 Å². The van der Waals surface area contributed by atoms with Crippen LogP contribution in [0.3, 0.4) is 0 Å². The molecule has 0 saturated heterocycles. The molecule has 3 aromatic rings. The lowest BCUT2D eigenvalue weighted by atomic mass is 10.1. The smallest absolute Gasteiger partial charge is 0.323 e. The van der Waals surface area contributed by atoms with Crippen molar-refractivity contribution in [1.82, 2.24) is 20.3 Å². The van der Waals surface area contributed by atoms with Gasteiger partial charge in [-0.2, -0.15) is 15.0 Å². The van der Waals surface area contributed by atoms with E-state index in [9.17, 15) is 9.59 Å². The molecule has 0 saturated carbocycles. The highest BCUT2D eigenvalue weighted by molar-refractivity contribution is 5.98. The number of nitrogens with zero attached hydrogens (tertiary/aromatic N) is 3. The molecule has 12 nitrogen and oxygen atoms in total. The van der Waals surface area contributed by atoms with Gasteiger partial charge >= 0.3 is 12.0 Å². The molecule has 4 N–H and O–H groups in total. The van der Waals surface area contributed by atoms with Crippen molar-refractivity contribution in [3.05, 3.63) is 53.6 Å². The molecule has 0 fully saturated rings. The first-order chi connectivity index (χ1) is 20.0. The lowest BCUT2D eigenvalue weighted by Gasteiger charge is -2.14. The highest BCUT2D eigenvalue weighted by Crippen LogP contribution is 2.26. The average molecular weight is 565 g/mol. The van der Waals surface area contributed by atoms with Crippen LogP contribution in [-0.2, 0) is 11.3 Å². The van der Waals surface area contributed by atoms with Gasteiger partial charge in [-0.15, -0.1) is 0 Å². The first-order valence-corrected chi connectivity index (χ1v) is 13.9. The van der Waals surface area contributed by atoms with E-state index in [1.807, 2.05) is 31.2 Å². The Morgan fingerprint density at radius 3 is 2.37 bits per heavy atom. The number of carbonyl (C=O) groups is 2. The zero-order chi connectivity index (χ0) is 28.9. The number of aliphatic carboxylic acids is 1. The molecule has 6 bridgehead atoms. The molecule has 1 amide bonds. The molecule has 3 heterocycles. The fourth-order valence-electron chi connectivity index (χ4n) is 4.14. The van der Waals surface area contributed by atoms with Gasteiger partial charge in [0.15, 0.2) is 0 Å². The molecule has 0 atom stereocenters. The molecule has 0 aliphatic carbocycles. The van der Waals surface area contributed by atoms with Crippen molar-refractivity contribution < 1.29 is 28.9 Å². The van der Waals surface area contributed by atoms with Gasteiger partial charge < -0.3 is 35.3 Å². The lowest BCUT2D eigenvalue weighted by Crippen LogP contribution is -2.29. The largest absolute Gasteiger partial charge is 0.494 e. The number of fused-ring (bicyclic) bond motifs is 12. The summed E-state index contributed by atoms with van der Waals surface area (Å²) in [5, 5.41) is 17.7. The zero-order valence-corrected chi connectivity index (χ0v) is 23.1. The van der Waals surface area contributed by atoms with Gasteiger partial charge in [-0.05, 0) is 49.6 Å². The lowest BCUT2D eigenvalue weighted by molar-refractivity contribution is -0.135. The Kier molecular flexibility index (Phi) is 10.9. The highest BCUT2D eigenvalue weighted by Gasteiger charge is 2.16. The van der Waals surface area contributed by atoms with Crippen molar-refractivity contribution in [2.75, 3.05) is 37.0 Å². The first-order valence-electron chi connectivity index (χ1n) is 13.9. The van der Waals surface area contributed by atoms with E-state index in [1.54, 1.807) is 18.2 Å². The van der Waals surface area contributed by atoms with Gasteiger partial charge in [0.05, 0.1) is 25.4 Å². The molecule has 12 heteroatoms. The highest BCUT2D eigenvalue weighted by atomic mass is 16.5. The Balaban J connectivity index is 1.58. The van der Waals surface area contributed by atoms with Crippen LogP contribution < -0.4 is 30.2 Å². The number of nitrogens with one attached hydrogen (secondary N) is 3. The number of rotatable bonds is 5. The van der Waals surface area contributed by atoms with Crippen LogP contribution in [0.15, 0.2) is 42.5 Å². The zero-order valence-electron chi connectivity index (χ0n) is 23.1. The van der Waals surface area contributed by atoms with Crippen LogP contribution in [0.5, 0.6) is 17.5 Å². The normalized spacial score (nSPS) is 14.4. The number of ether oxygens (including phenoxy) is 3. The van der Waals surface area contributed by atoms with E-state index in [-0.39, 0.29) is 17.5 Å². The van der Waals surface area contributed by atoms with E-state index in [1.165, 1.54) is 0 Å².